The van der Waals surface area contributed by atoms with Crippen molar-refractivity contribution in [1.29, 1.82) is 0 Å². The maximum Gasteiger partial charge on any atom is 0.338 e. The molecule has 0 aliphatic heterocycles. The van der Waals surface area contributed by atoms with Crippen molar-refractivity contribution in [2.75, 3.05) is 79.3 Å². The Bertz CT molecular complexity index is 753. The fourth-order valence-electron chi connectivity index (χ4n) is 2.78. The standard InChI is InChI=1S/C25H34O8/c26-9-10-28-11-12-29-13-14-30-15-16-31-17-18-32-19-20-33-25(27)24-8-4-7-23(21-24)22-5-2-1-3-6-22/h1-8,21,26H,9-20H2. The van der Waals surface area contributed by atoms with Crippen LogP contribution in [0.25, 0.3) is 11.1 Å². The van der Waals surface area contributed by atoms with Crippen LogP contribution in [0, 0.1) is 0 Å². The summed E-state index contributed by atoms with van der Waals surface area (Å²) in [6.45, 7) is 4.55. The lowest BCUT2D eigenvalue weighted by molar-refractivity contribution is -0.0167. The molecule has 0 atom stereocenters. The minimum absolute atomic E-state index is 0.0200. The molecule has 0 aromatic heterocycles. The topological polar surface area (TPSA) is 92.7 Å². The first-order valence-corrected chi connectivity index (χ1v) is 11.1. The van der Waals surface area contributed by atoms with E-state index >= 15 is 0 Å². The van der Waals surface area contributed by atoms with Gasteiger partial charge >= 0.3 is 5.97 Å². The molecule has 2 rings (SSSR count). The number of rotatable bonds is 19. The predicted molar refractivity (Wildman–Crippen MR) is 123 cm³/mol. The number of benzene rings is 2. The fourth-order valence-corrected chi connectivity index (χ4v) is 2.78. The number of aliphatic hydroxyl groups excluding tert-OH is 1. The molecular formula is C25H34O8. The Balaban J connectivity index is 1.41. The van der Waals surface area contributed by atoms with Crippen LogP contribution in [0.4, 0.5) is 0 Å². The third-order valence-electron chi connectivity index (χ3n) is 4.39. The molecule has 0 fully saturated rings. The van der Waals surface area contributed by atoms with Gasteiger partial charge in [0.05, 0.1) is 78.2 Å². The minimum Gasteiger partial charge on any atom is -0.460 e. The van der Waals surface area contributed by atoms with Gasteiger partial charge in [0, 0.05) is 0 Å². The van der Waals surface area contributed by atoms with E-state index in [-0.39, 0.29) is 19.2 Å². The Labute approximate surface area is 195 Å². The molecule has 0 spiro atoms. The fraction of sp³-hybridized carbons (Fsp3) is 0.480. The molecule has 0 amide bonds. The number of ether oxygens (including phenoxy) is 6. The summed E-state index contributed by atoms with van der Waals surface area (Å²) >= 11 is 0. The normalized spacial score (nSPS) is 10.9. The van der Waals surface area contributed by atoms with Gasteiger partial charge in [0.25, 0.3) is 0 Å². The zero-order valence-electron chi connectivity index (χ0n) is 19.0. The summed E-state index contributed by atoms with van der Waals surface area (Å²) in [6, 6.07) is 17.3. The van der Waals surface area contributed by atoms with Crippen LogP contribution in [0.2, 0.25) is 0 Å². The van der Waals surface area contributed by atoms with Gasteiger partial charge in [-0.05, 0) is 23.3 Å². The van der Waals surface area contributed by atoms with Crippen LogP contribution in [-0.4, -0.2) is 90.4 Å². The number of hydrogen-bond acceptors (Lipinski definition) is 8. The summed E-state index contributed by atoms with van der Waals surface area (Å²) in [5.74, 6) is -0.369. The van der Waals surface area contributed by atoms with E-state index in [1.165, 1.54) is 0 Å². The van der Waals surface area contributed by atoms with Gasteiger partial charge in [0.2, 0.25) is 0 Å². The van der Waals surface area contributed by atoms with Crippen LogP contribution in [-0.2, 0) is 28.4 Å². The molecule has 8 nitrogen and oxygen atoms in total. The summed E-state index contributed by atoms with van der Waals surface area (Å²) in [4.78, 5) is 12.2. The third kappa shape index (κ3) is 12.5. The van der Waals surface area contributed by atoms with E-state index in [2.05, 4.69) is 0 Å². The molecule has 8 heteroatoms. The van der Waals surface area contributed by atoms with E-state index in [4.69, 9.17) is 33.5 Å². The van der Waals surface area contributed by atoms with Crippen LogP contribution >= 0.6 is 0 Å². The Kier molecular flexibility index (Phi) is 14.8. The number of carbonyl (C=O) groups is 1. The highest BCUT2D eigenvalue weighted by molar-refractivity contribution is 5.91. The van der Waals surface area contributed by atoms with Crippen molar-refractivity contribution in [3.63, 3.8) is 0 Å². The molecule has 0 aliphatic rings. The first-order chi connectivity index (χ1) is 16.3. The maximum atomic E-state index is 12.2. The van der Waals surface area contributed by atoms with Gasteiger partial charge in [-0.3, -0.25) is 0 Å². The van der Waals surface area contributed by atoms with E-state index in [0.29, 0.717) is 71.6 Å². The van der Waals surface area contributed by atoms with Crippen LogP contribution in [0.15, 0.2) is 54.6 Å². The monoisotopic (exact) mass is 462 g/mol. The van der Waals surface area contributed by atoms with Crippen molar-refractivity contribution < 1.29 is 38.3 Å². The first-order valence-electron chi connectivity index (χ1n) is 11.1. The molecule has 33 heavy (non-hydrogen) atoms. The van der Waals surface area contributed by atoms with Gasteiger partial charge < -0.3 is 33.5 Å². The lowest BCUT2D eigenvalue weighted by Gasteiger charge is -2.09. The smallest absolute Gasteiger partial charge is 0.338 e. The van der Waals surface area contributed by atoms with Gasteiger partial charge in [0.15, 0.2) is 0 Å². The highest BCUT2D eigenvalue weighted by Gasteiger charge is 2.08. The van der Waals surface area contributed by atoms with Crippen LogP contribution in [0.1, 0.15) is 10.4 Å². The summed E-state index contributed by atoms with van der Waals surface area (Å²) in [6.07, 6.45) is 0. The third-order valence-corrected chi connectivity index (χ3v) is 4.39. The zero-order chi connectivity index (χ0) is 23.4. The Morgan fingerprint density at radius 2 is 1.06 bits per heavy atom. The summed E-state index contributed by atoms with van der Waals surface area (Å²) in [5, 5.41) is 8.56. The second kappa shape index (κ2) is 18.1. The average Bonchev–Trinajstić information content (AvgIpc) is 2.86. The molecule has 0 bridgehead atoms. The maximum absolute atomic E-state index is 12.2. The van der Waals surface area contributed by atoms with Crippen molar-refractivity contribution in [3.05, 3.63) is 60.2 Å². The van der Waals surface area contributed by atoms with Gasteiger partial charge in [0.1, 0.15) is 6.61 Å². The highest BCUT2D eigenvalue weighted by Crippen LogP contribution is 2.20. The van der Waals surface area contributed by atoms with Gasteiger partial charge in [-0.1, -0.05) is 42.5 Å². The Morgan fingerprint density at radius 1 is 0.576 bits per heavy atom. The zero-order valence-corrected chi connectivity index (χ0v) is 19.0. The second-order valence-electron chi connectivity index (χ2n) is 6.87. The quantitative estimate of drug-likeness (QED) is 0.252. The van der Waals surface area contributed by atoms with Crippen LogP contribution in [0.3, 0.4) is 0 Å². The summed E-state index contributed by atoms with van der Waals surface area (Å²) < 4.78 is 31.9. The van der Waals surface area contributed by atoms with E-state index in [9.17, 15) is 4.79 Å². The molecule has 0 radical (unpaired) electrons. The largest absolute Gasteiger partial charge is 0.460 e. The number of aliphatic hydroxyl groups is 1. The number of hydrogen-bond donors (Lipinski definition) is 1. The van der Waals surface area contributed by atoms with Crippen molar-refractivity contribution in [2.24, 2.45) is 0 Å². The van der Waals surface area contributed by atoms with Crippen molar-refractivity contribution in [2.45, 2.75) is 0 Å². The Hall–Kier alpha value is -2.33. The molecule has 0 saturated heterocycles. The molecule has 0 unspecified atom stereocenters. The molecule has 1 N–H and O–H groups in total. The molecule has 2 aromatic rings. The average molecular weight is 463 g/mol. The first kappa shape index (κ1) is 26.9. The molecular weight excluding hydrogens is 428 g/mol. The van der Waals surface area contributed by atoms with Crippen LogP contribution in [0.5, 0.6) is 0 Å². The lowest BCUT2D eigenvalue weighted by Crippen LogP contribution is -2.15. The highest BCUT2D eigenvalue weighted by atomic mass is 16.6. The van der Waals surface area contributed by atoms with Gasteiger partial charge in [-0.15, -0.1) is 0 Å². The number of esters is 1. The summed E-state index contributed by atoms with van der Waals surface area (Å²) in [5.41, 5.74) is 2.54. The van der Waals surface area contributed by atoms with Crippen molar-refractivity contribution >= 4 is 5.97 Å². The molecule has 0 saturated carbocycles. The van der Waals surface area contributed by atoms with Crippen molar-refractivity contribution in [1.82, 2.24) is 0 Å². The van der Waals surface area contributed by atoms with Gasteiger partial charge in [-0.2, -0.15) is 0 Å². The molecule has 2 aromatic carbocycles. The summed E-state index contributed by atoms with van der Waals surface area (Å²) in [7, 11) is 0. The van der Waals surface area contributed by atoms with E-state index in [0.717, 1.165) is 11.1 Å². The van der Waals surface area contributed by atoms with Crippen molar-refractivity contribution in [3.8, 4) is 11.1 Å². The number of carbonyl (C=O) groups excluding carboxylic acids is 1. The molecule has 0 heterocycles. The predicted octanol–water partition coefficient (Wildman–Crippen LogP) is 2.59. The lowest BCUT2D eigenvalue weighted by atomic mass is 10.0. The SMILES string of the molecule is O=C(OCCOCCOCCOCCOCCOCCO)c1cccc(-c2ccccc2)c1. The van der Waals surface area contributed by atoms with E-state index in [1.807, 2.05) is 48.5 Å². The molecule has 0 aliphatic carbocycles. The van der Waals surface area contributed by atoms with E-state index < -0.39 is 0 Å². The van der Waals surface area contributed by atoms with E-state index in [1.54, 1.807) is 6.07 Å². The molecule has 182 valence electrons. The van der Waals surface area contributed by atoms with Gasteiger partial charge in [-0.25, -0.2) is 4.79 Å². The van der Waals surface area contributed by atoms with Crippen LogP contribution < -0.4 is 0 Å². The Morgan fingerprint density at radius 3 is 1.61 bits per heavy atom. The second-order valence-corrected chi connectivity index (χ2v) is 6.87. The minimum atomic E-state index is -0.369.